The number of likely N-dealkylation sites (tertiary alicyclic amines) is 1. The first-order valence-electron chi connectivity index (χ1n) is 5.57. The van der Waals surface area contributed by atoms with Crippen LogP contribution >= 0.6 is 0 Å². The van der Waals surface area contributed by atoms with Crippen LogP contribution in [0.3, 0.4) is 0 Å². The molecule has 2 fully saturated rings. The maximum atomic E-state index is 11.0. The lowest BCUT2D eigenvalue weighted by atomic mass is 9.77. The molecule has 1 spiro atoms. The first kappa shape index (κ1) is 10.5. The fourth-order valence-corrected chi connectivity index (χ4v) is 2.96. The van der Waals surface area contributed by atoms with Gasteiger partial charge in [0.2, 0.25) is 0 Å². The number of nitrogens with zero attached hydrogens (tertiary/aromatic N) is 1. The SMILES string of the molecule is C#CCC(C(=O)O)N1CC2(CCCC2)C1. The number of carboxylic acids is 1. The molecule has 3 heteroatoms. The maximum absolute atomic E-state index is 11.0. The Balaban J connectivity index is 1.91. The molecule has 2 rings (SSSR count). The summed E-state index contributed by atoms with van der Waals surface area (Å²) in [5, 5.41) is 9.03. The summed E-state index contributed by atoms with van der Waals surface area (Å²) < 4.78 is 0. The molecule has 1 aliphatic heterocycles. The van der Waals surface area contributed by atoms with E-state index >= 15 is 0 Å². The largest absolute Gasteiger partial charge is 0.480 e. The van der Waals surface area contributed by atoms with Crippen LogP contribution in [-0.2, 0) is 4.79 Å². The van der Waals surface area contributed by atoms with Crippen molar-refractivity contribution in [1.82, 2.24) is 4.90 Å². The summed E-state index contributed by atoms with van der Waals surface area (Å²) in [6.45, 7) is 1.87. The Kier molecular flexibility index (Phi) is 2.70. The van der Waals surface area contributed by atoms with Crippen LogP contribution in [0.5, 0.6) is 0 Å². The standard InChI is InChI=1S/C12H17NO2/c1-2-5-10(11(14)15)13-8-12(9-13)6-3-4-7-12/h1,10H,3-9H2,(H,14,15). The van der Waals surface area contributed by atoms with Gasteiger partial charge in [-0.05, 0) is 18.3 Å². The summed E-state index contributed by atoms with van der Waals surface area (Å²) in [5.74, 6) is 1.68. The van der Waals surface area contributed by atoms with Crippen LogP contribution < -0.4 is 0 Å². The molecule has 0 aromatic heterocycles. The van der Waals surface area contributed by atoms with Gasteiger partial charge >= 0.3 is 5.97 Å². The quantitative estimate of drug-likeness (QED) is 0.710. The van der Waals surface area contributed by atoms with Crippen molar-refractivity contribution < 1.29 is 9.90 Å². The van der Waals surface area contributed by atoms with E-state index in [1.165, 1.54) is 25.7 Å². The summed E-state index contributed by atoms with van der Waals surface area (Å²) >= 11 is 0. The van der Waals surface area contributed by atoms with Gasteiger partial charge in [0.05, 0.1) is 0 Å². The van der Waals surface area contributed by atoms with Crippen LogP contribution in [-0.4, -0.2) is 35.1 Å². The average molecular weight is 207 g/mol. The lowest BCUT2D eigenvalue weighted by Crippen LogP contribution is -2.60. The molecule has 1 saturated carbocycles. The van der Waals surface area contributed by atoms with Gasteiger partial charge in [-0.2, -0.15) is 0 Å². The first-order chi connectivity index (χ1) is 7.17. The molecule has 1 atom stereocenters. The number of carbonyl (C=O) groups is 1. The van der Waals surface area contributed by atoms with Crippen molar-refractivity contribution in [2.75, 3.05) is 13.1 Å². The predicted molar refractivity (Wildman–Crippen MR) is 57.3 cm³/mol. The normalized spacial score (nSPS) is 25.8. The third kappa shape index (κ3) is 1.87. The Morgan fingerprint density at radius 2 is 2.07 bits per heavy atom. The van der Waals surface area contributed by atoms with Gasteiger partial charge < -0.3 is 5.11 Å². The molecule has 0 aromatic carbocycles. The molecule has 0 bridgehead atoms. The van der Waals surface area contributed by atoms with E-state index in [2.05, 4.69) is 5.92 Å². The van der Waals surface area contributed by atoms with Gasteiger partial charge in [-0.3, -0.25) is 9.69 Å². The summed E-state index contributed by atoms with van der Waals surface area (Å²) in [6, 6.07) is -0.457. The summed E-state index contributed by atoms with van der Waals surface area (Å²) in [5.41, 5.74) is 0.447. The second kappa shape index (κ2) is 3.86. The topological polar surface area (TPSA) is 40.5 Å². The lowest BCUT2D eigenvalue weighted by molar-refractivity contribution is -0.149. The molecule has 2 aliphatic rings. The molecular weight excluding hydrogens is 190 g/mol. The molecular formula is C12H17NO2. The second-order valence-corrected chi connectivity index (χ2v) is 4.87. The van der Waals surface area contributed by atoms with Crippen LogP contribution in [0.25, 0.3) is 0 Å². The maximum Gasteiger partial charge on any atom is 0.321 e. The zero-order valence-corrected chi connectivity index (χ0v) is 8.91. The molecule has 0 aromatic rings. The molecule has 15 heavy (non-hydrogen) atoms. The molecule has 1 saturated heterocycles. The van der Waals surface area contributed by atoms with E-state index in [1.54, 1.807) is 0 Å². The van der Waals surface area contributed by atoms with Crippen molar-refractivity contribution in [3.05, 3.63) is 0 Å². The smallest absolute Gasteiger partial charge is 0.321 e. The summed E-state index contributed by atoms with van der Waals surface area (Å²) in [7, 11) is 0. The average Bonchev–Trinajstić information content (AvgIpc) is 2.60. The Labute approximate surface area is 90.5 Å². The highest BCUT2D eigenvalue weighted by Crippen LogP contribution is 2.46. The van der Waals surface area contributed by atoms with Gasteiger partial charge in [0.25, 0.3) is 0 Å². The van der Waals surface area contributed by atoms with Crippen LogP contribution in [0.1, 0.15) is 32.1 Å². The first-order valence-corrected chi connectivity index (χ1v) is 5.57. The molecule has 1 N–H and O–H groups in total. The lowest BCUT2D eigenvalue weighted by Gasteiger charge is -2.50. The van der Waals surface area contributed by atoms with Gasteiger partial charge in [0, 0.05) is 19.5 Å². The molecule has 3 nitrogen and oxygen atoms in total. The minimum atomic E-state index is -0.777. The molecule has 1 unspecified atom stereocenters. The highest BCUT2D eigenvalue weighted by molar-refractivity contribution is 5.74. The van der Waals surface area contributed by atoms with E-state index in [9.17, 15) is 4.79 Å². The van der Waals surface area contributed by atoms with Gasteiger partial charge in [-0.1, -0.05) is 12.8 Å². The number of terminal acetylenes is 1. The van der Waals surface area contributed by atoms with Crippen LogP contribution in [0.15, 0.2) is 0 Å². The second-order valence-electron chi connectivity index (χ2n) is 4.87. The predicted octanol–water partition coefficient (Wildman–Crippen LogP) is 1.34. The number of hydrogen-bond donors (Lipinski definition) is 1. The van der Waals surface area contributed by atoms with Crippen molar-refractivity contribution >= 4 is 5.97 Å². The van der Waals surface area contributed by atoms with Crippen molar-refractivity contribution in [1.29, 1.82) is 0 Å². The number of carboxylic acid groups (broad SMARTS) is 1. The van der Waals surface area contributed by atoms with Crippen molar-refractivity contribution in [3.63, 3.8) is 0 Å². The monoisotopic (exact) mass is 207 g/mol. The van der Waals surface area contributed by atoms with Crippen LogP contribution in [0, 0.1) is 17.8 Å². The Morgan fingerprint density at radius 3 is 2.53 bits per heavy atom. The molecule has 1 heterocycles. The summed E-state index contributed by atoms with van der Waals surface area (Å²) in [6.07, 6.45) is 10.7. The Morgan fingerprint density at radius 1 is 1.47 bits per heavy atom. The van der Waals surface area contributed by atoms with Crippen molar-refractivity contribution in [2.45, 2.75) is 38.1 Å². The van der Waals surface area contributed by atoms with E-state index < -0.39 is 12.0 Å². The Bertz CT molecular complexity index is 291. The van der Waals surface area contributed by atoms with E-state index in [1.807, 2.05) is 4.90 Å². The minimum absolute atomic E-state index is 0.325. The van der Waals surface area contributed by atoms with Gasteiger partial charge in [-0.25, -0.2) is 0 Å². The fraction of sp³-hybridized carbons (Fsp3) is 0.750. The zero-order chi connectivity index (χ0) is 10.9. The Hall–Kier alpha value is -1.01. The van der Waals surface area contributed by atoms with E-state index in [0.717, 1.165) is 13.1 Å². The minimum Gasteiger partial charge on any atom is -0.480 e. The van der Waals surface area contributed by atoms with Crippen molar-refractivity contribution in [2.24, 2.45) is 5.41 Å². The number of hydrogen-bond acceptors (Lipinski definition) is 2. The highest BCUT2D eigenvalue weighted by Gasteiger charge is 2.47. The third-order valence-electron chi connectivity index (χ3n) is 3.78. The third-order valence-corrected chi connectivity index (χ3v) is 3.78. The van der Waals surface area contributed by atoms with Gasteiger partial charge in [0.15, 0.2) is 0 Å². The fourth-order valence-electron chi connectivity index (χ4n) is 2.96. The van der Waals surface area contributed by atoms with E-state index in [0.29, 0.717) is 11.8 Å². The van der Waals surface area contributed by atoms with E-state index in [4.69, 9.17) is 11.5 Å². The highest BCUT2D eigenvalue weighted by atomic mass is 16.4. The van der Waals surface area contributed by atoms with Crippen LogP contribution in [0.2, 0.25) is 0 Å². The number of aliphatic carboxylic acids is 1. The van der Waals surface area contributed by atoms with Crippen LogP contribution in [0.4, 0.5) is 0 Å². The van der Waals surface area contributed by atoms with E-state index in [-0.39, 0.29) is 0 Å². The molecule has 0 amide bonds. The van der Waals surface area contributed by atoms with Gasteiger partial charge in [-0.15, -0.1) is 12.3 Å². The summed E-state index contributed by atoms with van der Waals surface area (Å²) in [4.78, 5) is 13.0. The number of rotatable bonds is 3. The van der Waals surface area contributed by atoms with Crippen molar-refractivity contribution in [3.8, 4) is 12.3 Å². The molecule has 82 valence electrons. The molecule has 1 aliphatic carbocycles. The zero-order valence-electron chi connectivity index (χ0n) is 8.91. The van der Waals surface area contributed by atoms with Gasteiger partial charge in [0.1, 0.15) is 6.04 Å². The molecule has 0 radical (unpaired) electrons.